The van der Waals surface area contributed by atoms with E-state index in [2.05, 4.69) is 4.74 Å². The summed E-state index contributed by atoms with van der Waals surface area (Å²) < 4.78 is 32.5. The molecule has 1 amide bonds. The second kappa shape index (κ2) is 6.68. The standard InChI is InChI=1S/C16H17F2NO3/c1-2-22-15(21)16(17,18)13-9-6-10-19(11-13)14(20)12-7-4-3-5-8-12/h3-5,7-8,11H,2,6,9-10H2,1H3. The van der Waals surface area contributed by atoms with E-state index in [1.54, 1.807) is 30.3 Å². The first-order chi connectivity index (χ1) is 10.5. The molecule has 0 spiro atoms. The number of benzene rings is 1. The number of hydrogen-bond acceptors (Lipinski definition) is 3. The summed E-state index contributed by atoms with van der Waals surface area (Å²) in [6, 6.07) is 8.41. The maximum atomic E-state index is 14.0. The minimum absolute atomic E-state index is 0.0599. The number of ether oxygens (including phenoxy) is 1. The minimum atomic E-state index is -3.70. The van der Waals surface area contributed by atoms with Gasteiger partial charge in [-0.05, 0) is 31.9 Å². The summed E-state index contributed by atoms with van der Waals surface area (Å²) in [5.74, 6) is -5.64. The molecule has 22 heavy (non-hydrogen) atoms. The zero-order chi connectivity index (χ0) is 16.2. The van der Waals surface area contributed by atoms with Crippen LogP contribution in [-0.4, -0.2) is 35.9 Å². The number of carbonyl (C=O) groups excluding carboxylic acids is 2. The molecule has 0 radical (unpaired) electrons. The largest absolute Gasteiger partial charge is 0.461 e. The summed E-state index contributed by atoms with van der Waals surface area (Å²) in [5.41, 5.74) is 0.0286. The lowest BCUT2D eigenvalue weighted by atomic mass is 10.0. The van der Waals surface area contributed by atoms with Crippen molar-refractivity contribution >= 4 is 11.9 Å². The van der Waals surface area contributed by atoms with E-state index in [-0.39, 0.29) is 24.5 Å². The predicted molar refractivity (Wildman–Crippen MR) is 76.4 cm³/mol. The van der Waals surface area contributed by atoms with Crippen molar-refractivity contribution in [2.45, 2.75) is 25.7 Å². The number of halogens is 2. The number of carbonyl (C=O) groups is 2. The number of hydrogen-bond donors (Lipinski definition) is 0. The Hall–Kier alpha value is -2.24. The van der Waals surface area contributed by atoms with Crippen LogP contribution in [0.15, 0.2) is 42.1 Å². The number of nitrogens with zero attached hydrogens (tertiary/aromatic N) is 1. The number of rotatable bonds is 4. The Bertz CT molecular complexity index is 584. The second-order valence-electron chi connectivity index (χ2n) is 4.92. The number of esters is 1. The molecular weight excluding hydrogens is 292 g/mol. The fourth-order valence-electron chi connectivity index (χ4n) is 2.25. The van der Waals surface area contributed by atoms with Crippen LogP contribution in [0.3, 0.4) is 0 Å². The molecule has 6 heteroatoms. The van der Waals surface area contributed by atoms with Crippen molar-refractivity contribution in [3.8, 4) is 0 Å². The second-order valence-corrected chi connectivity index (χ2v) is 4.92. The average Bonchev–Trinajstić information content (AvgIpc) is 2.55. The zero-order valence-electron chi connectivity index (χ0n) is 12.2. The van der Waals surface area contributed by atoms with Gasteiger partial charge in [-0.15, -0.1) is 0 Å². The van der Waals surface area contributed by atoms with E-state index in [1.807, 2.05) is 0 Å². The van der Waals surface area contributed by atoms with E-state index in [4.69, 9.17) is 0 Å². The molecule has 1 heterocycles. The van der Waals surface area contributed by atoms with Crippen molar-refractivity contribution in [3.63, 3.8) is 0 Å². The molecule has 0 N–H and O–H groups in total. The van der Waals surface area contributed by atoms with Gasteiger partial charge in [0.25, 0.3) is 5.91 Å². The summed E-state index contributed by atoms with van der Waals surface area (Å²) in [7, 11) is 0. The highest BCUT2D eigenvalue weighted by atomic mass is 19.3. The van der Waals surface area contributed by atoms with Crippen molar-refractivity contribution in [1.29, 1.82) is 0 Å². The fraction of sp³-hybridized carbons (Fsp3) is 0.375. The van der Waals surface area contributed by atoms with Crippen molar-refractivity contribution in [3.05, 3.63) is 47.7 Å². The van der Waals surface area contributed by atoms with Crippen LogP contribution in [-0.2, 0) is 9.53 Å². The molecule has 0 saturated carbocycles. The van der Waals surface area contributed by atoms with Crippen LogP contribution in [0.25, 0.3) is 0 Å². The van der Waals surface area contributed by atoms with Gasteiger partial charge in [0.1, 0.15) is 0 Å². The molecule has 0 unspecified atom stereocenters. The van der Waals surface area contributed by atoms with E-state index >= 15 is 0 Å². The van der Waals surface area contributed by atoms with E-state index in [0.717, 1.165) is 6.20 Å². The first-order valence-corrected chi connectivity index (χ1v) is 7.09. The van der Waals surface area contributed by atoms with Gasteiger partial charge in [-0.25, -0.2) is 4.79 Å². The summed E-state index contributed by atoms with van der Waals surface area (Å²) in [5, 5.41) is 0. The van der Waals surface area contributed by atoms with Gasteiger partial charge in [-0.3, -0.25) is 4.79 Å². The Morgan fingerprint density at radius 1 is 1.27 bits per heavy atom. The van der Waals surface area contributed by atoms with Crippen LogP contribution < -0.4 is 0 Å². The van der Waals surface area contributed by atoms with Crippen LogP contribution >= 0.6 is 0 Å². The van der Waals surface area contributed by atoms with Gasteiger partial charge in [0, 0.05) is 23.9 Å². The average molecular weight is 309 g/mol. The highest BCUT2D eigenvalue weighted by Crippen LogP contribution is 2.32. The van der Waals surface area contributed by atoms with Crippen LogP contribution in [0.1, 0.15) is 30.1 Å². The molecule has 1 aliphatic heterocycles. The van der Waals surface area contributed by atoms with Crippen LogP contribution in [0.2, 0.25) is 0 Å². The van der Waals surface area contributed by atoms with Crippen LogP contribution in [0.4, 0.5) is 8.78 Å². The first kappa shape index (κ1) is 16.1. The summed E-state index contributed by atoms with van der Waals surface area (Å²) in [6.45, 7) is 1.69. The van der Waals surface area contributed by atoms with Crippen molar-refractivity contribution in [2.24, 2.45) is 0 Å². The molecule has 4 nitrogen and oxygen atoms in total. The molecule has 2 rings (SSSR count). The van der Waals surface area contributed by atoms with E-state index in [0.29, 0.717) is 18.5 Å². The van der Waals surface area contributed by atoms with E-state index < -0.39 is 11.9 Å². The Labute approximate surface area is 127 Å². The topological polar surface area (TPSA) is 46.6 Å². The Balaban J connectivity index is 2.22. The molecule has 1 aromatic carbocycles. The van der Waals surface area contributed by atoms with Crippen LogP contribution in [0.5, 0.6) is 0 Å². The van der Waals surface area contributed by atoms with Gasteiger partial charge in [-0.2, -0.15) is 8.78 Å². The molecule has 0 saturated heterocycles. The van der Waals surface area contributed by atoms with Gasteiger partial charge in [0.15, 0.2) is 0 Å². The molecule has 0 bridgehead atoms. The third-order valence-electron chi connectivity index (χ3n) is 3.37. The maximum absolute atomic E-state index is 14.0. The predicted octanol–water partition coefficient (Wildman–Crippen LogP) is 3.00. The van der Waals surface area contributed by atoms with E-state index in [1.165, 1.54) is 11.8 Å². The van der Waals surface area contributed by atoms with Crippen molar-refractivity contribution in [2.75, 3.05) is 13.2 Å². The van der Waals surface area contributed by atoms with Gasteiger partial charge in [-0.1, -0.05) is 18.2 Å². The SMILES string of the molecule is CCOC(=O)C(F)(F)C1=CN(C(=O)c2ccccc2)CCC1. The third-order valence-corrected chi connectivity index (χ3v) is 3.37. The minimum Gasteiger partial charge on any atom is -0.461 e. The molecule has 0 aromatic heterocycles. The summed E-state index contributed by atoms with van der Waals surface area (Å²) in [4.78, 5) is 24.9. The Morgan fingerprint density at radius 3 is 2.59 bits per heavy atom. The molecule has 1 aromatic rings. The van der Waals surface area contributed by atoms with Gasteiger partial charge < -0.3 is 9.64 Å². The highest BCUT2D eigenvalue weighted by Gasteiger charge is 2.45. The number of amides is 1. The lowest BCUT2D eigenvalue weighted by Gasteiger charge is -2.28. The van der Waals surface area contributed by atoms with Crippen LogP contribution in [0, 0.1) is 0 Å². The fourth-order valence-corrected chi connectivity index (χ4v) is 2.25. The maximum Gasteiger partial charge on any atom is 0.381 e. The molecule has 0 aliphatic carbocycles. The summed E-state index contributed by atoms with van der Waals surface area (Å²) >= 11 is 0. The monoisotopic (exact) mass is 309 g/mol. The molecule has 1 aliphatic rings. The van der Waals surface area contributed by atoms with Crippen molar-refractivity contribution in [1.82, 2.24) is 4.90 Å². The Morgan fingerprint density at radius 2 is 1.95 bits per heavy atom. The van der Waals surface area contributed by atoms with Crippen molar-refractivity contribution < 1.29 is 23.1 Å². The number of alkyl halides is 2. The third kappa shape index (κ3) is 3.32. The highest BCUT2D eigenvalue weighted by molar-refractivity contribution is 5.95. The summed E-state index contributed by atoms with van der Waals surface area (Å²) in [6.07, 6.45) is 1.51. The molecular formula is C16H17F2NO3. The zero-order valence-corrected chi connectivity index (χ0v) is 12.2. The van der Waals surface area contributed by atoms with Gasteiger partial charge in [0.05, 0.1) is 6.61 Å². The molecule has 0 atom stereocenters. The first-order valence-electron chi connectivity index (χ1n) is 7.09. The van der Waals surface area contributed by atoms with Gasteiger partial charge in [0.2, 0.25) is 0 Å². The molecule has 118 valence electrons. The lowest BCUT2D eigenvalue weighted by molar-refractivity contribution is -0.166. The smallest absolute Gasteiger partial charge is 0.381 e. The van der Waals surface area contributed by atoms with E-state index in [9.17, 15) is 18.4 Å². The molecule has 0 fully saturated rings. The van der Waals surface area contributed by atoms with Gasteiger partial charge >= 0.3 is 11.9 Å². The quantitative estimate of drug-likeness (QED) is 0.803. The Kier molecular flexibility index (Phi) is 4.90. The normalized spacial score (nSPS) is 15.2. The lowest BCUT2D eigenvalue weighted by Crippen LogP contribution is -2.38.